The Hall–Kier alpha value is -0.780. The first kappa shape index (κ1) is 16.6. The average molecular weight is 331 g/mol. The van der Waals surface area contributed by atoms with Crippen LogP contribution in [0.4, 0.5) is 5.69 Å². The summed E-state index contributed by atoms with van der Waals surface area (Å²) in [5, 5.41) is 0.168. The molecule has 4 nitrogen and oxygen atoms in total. The van der Waals surface area contributed by atoms with Gasteiger partial charge in [-0.2, -0.15) is 0 Å². The Morgan fingerprint density at radius 3 is 2.57 bits per heavy atom. The molecule has 1 aliphatic carbocycles. The van der Waals surface area contributed by atoms with E-state index in [1.807, 2.05) is 6.92 Å². The molecule has 1 aromatic rings. The predicted molar refractivity (Wildman–Crippen MR) is 86.8 cm³/mol. The summed E-state index contributed by atoms with van der Waals surface area (Å²) in [4.78, 5) is 0.000858. The summed E-state index contributed by atoms with van der Waals surface area (Å²) in [5.41, 5.74) is 5.99. The van der Waals surface area contributed by atoms with Crippen LogP contribution in [0, 0.1) is 5.92 Å². The maximum atomic E-state index is 12.6. The molecule has 0 spiro atoms. The van der Waals surface area contributed by atoms with Crippen LogP contribution in [0.25, 0.3) is 0 Å². The van der Waals surface area contributed by atoms with Crippen molar-refractivity contribution in [1.82, 2.24) is 4.72 Å². The van der Waals surface area contributed by atoms with Gasteiger partial charge in [-0.25, -0.2) is 13.1 Å². The molecule has 6 heteroatoms. The van der Waals surface area contributed by atoms with Crippen molar-refractivity contribution in [3.63, 3.8) is 0 Å². The minimum absolute atomic E-state index is 0.000858. The van der Waals surface area contributed by atoms with E-state index in [1.54, 1.807) is 18.2 Å². The zero-order valence-electron chi connectivity index (χ0n) is 12.3. The Balaban J connectivity index is 2.23. The van der Waals surface area contributed by atoms with Crippen LogP contribution in [0.2, 0.25) is 5.02 Å². The predicted octanol–water partition coefficient (Wildman–Crippen LogP) is 3.56. The fraction of sp³-hybridized carbons (Fsp3) is 0.600. The smallest absolute Gasteiger partial charge is 0.244 e. The van der Waals surface area contributed by atoms with Gasteiger partial charge in [0.1, 0.15) is 4.90 Å². The third kappa shape index (κ3) is 3.90. The van der Waals surface area contributed by atoms with E-state index < -0.39 is 10.0 Å². The molecule has 1 unspecified atom stereocenters. The van der Waals surface area contributed by atoms with Crippen molar-refractivity contribution in [2.75, 3.05) is 5.73 Å². The van der Waals surface area contributed by atoms with E-state index in [2.05, 4.69) is 4.72 Å². The highest BCUT2D eigenvalue weighted by Gasteiger charge is 2.29. The summed E-state index contributed by atoms with van der Waals surface area (Å²) in [5.74, 6) is 0.405. The summed E-state index contributed by atoms with van der Waals surface area (Å²) < 4.78 is 28.0. The Labute approximate surface area is 132 Å². The molecule has 0 aromatic heterocycles. The Morgan fingerprint density at radius 2 is 2.00 bits per heavy atom. The van der Waals surface area contributed by atoms with E-state index in [0.717, 1.165) is 19.3 Å². The summed E-state index contributed by atoms with van der Waals surface area (Å²) in [6.07, 6.45) is 6.54. The van der Waals surface area contributed by atoms with Crippen LogP contribution >= 0.6 is 11.6 Å². The monoisotopic (exact) mass is 330 g/mol. The van der Waals surface area contributed by atoms with Gasteiger partial charge < -0.3 is 5.73 Å². The van der Waals surface area contributed by atoms with Gasteiger partial charge in [0.25, 0.3) is 0 Å². The molecule has 0 saturated heterocycles. The van der Waals surface area contributed by atoms with Crippen LogP contribution in [0.3, 0.4) is 0 Å². The van der Waals surface area contributed by atoms with Crippen LogP contribution in [0.5, 0.6) is 0 Å². The zero-order valence-corrected chi connectivity index (χ0v) is 13.9. The van der Waals surface area contributed by atoms with Gasteiger partial charge in [0, 0.05) is 6.04 Å². The number of nitrogen functional groups attached to an aromatic ring is 1. The fourth-order valence-electron chi connectivity index (χ4n) is 3.12. The van der Waals surface area contributed by atoms with Gasteiger partial charge in [-0.3, -0.25) is 0 Å². The first-order valence-electron chi connectivity index (χ1n) is 7.52. The van der Waals surface area contributed by atoms with Crippen molar-refractivity contribution < 1.29 is 8.42 Å². The van der Waals surface area contributed by atoms with Crippen LogP contribution < -0.4 is 10.5 Å². The van der Waals surface area contributed by atoms with Crippen LogP contribution in [0.1, 0.15) is 45.4 Å². The summed E-state index contributed by atoms with van der Waals surface area (Å²) in [6.45, 7) is 2.01. The Morgan fingerprint density at radius 1 is 1.33 bits per heavy atom. The van der Waals surface area contributed by atoms with Crippen molar-refractivity contribution in [1.29, 1.82) is 0 Å². The number of nitrogens with one attached hydrogen (secondary N) is 1. The minimum Gasteiger partial charge on any atom is -0.398 e. The van der Waals surface area contributed by atoms with E-state index >= 15 is 0 Å². The molecule has 1 aliphatic rings. The highest BCUT2D eigenvalue weighted by molar-refractivity contribution is 7.89. The lowest BCUT2D eigenvalue weighted by atomic mass is 9.83. The number of hydrogen-bond donors (Lipinski definition) is 2. The van der Waals surface area contributed by atoms with Crippen molar-refractivity contribution in [2.45, 2.75) is 56.4 Å². The fourth-order valence-corrected chi connectivity index (χ4v) is 5.18. The van der Waals surface area contributed by atoms with E-state index in [1.165, 1.54) is 19.3 Å². The highest BCUT2D eigenvalue weighted by Crippen LogP contribution is 2.31. The van der Waals surface area contributed by atoms with Crippen LogP contribution in [-0.4, -0.2) is 14.5 Å². The molecule has 0 radical (unpaired) electrons. The topological polar surface area (TPSA) is 72.2 Å². The standard InChI is InChI=1S/C15H23ClN2O2S/c1-2-14(11-7-4-3-5-8-11)18-21(19,20)15-12(16)9-6-10-13(15)17/h6,9-11,14,18H,2-5,7-8,17H2,1H3. The van der Waals surface area contributed by atoms with Crippen molar-refractivity contribution in [3.8, 4) is 0 Å². The molecule has 3 N–H and O–H groups in total. The number of hydrogen-bond acceptors (Lipinski definition) is 3. The summed E-state index contributed by atoms with van der Waals surface area (Å²) >= 11 is 6.03. The second-order valence-electron chi connectivity index (χ2n) is 5.69. The number of nitrogens with two attached hydrogens (primary N) is 1. The van der Waals surface area contributed by atoms with Gasteiger partial charge in [-0.05, 0) is 37.3 Å². The van der Waals surface area contributed by atoms with E-state index in [-0.39, 0.29) is 21.6 Å². The third-order valence-corrected chi connectivity index (χ3v) is 6.26. The zero-order chi connectivity index (χ0) is 15.5. The van der Waals surface area contributed by atoms with Crippen LogP contribution in [-0.2, 0) is 10.0 Å². The number of benzene rings is 1. The first-order valence-corrected chi connectivity index (χ1v) is 9.38. The lowest BCUT2D eigenvalue weighted by molar-refractivity contribution is 0.285. The molecule has 1 fully saturated rings. The lowest BCUT2D eigenvalue weighted by Crippen LogP contribution is -2.40. The van der Waals surface area contributed by atoms with E-state index in [0.29, 0.717) is 5.92 Å². The molecular weight excluding hydrogens is 308 g/mol. The molecule has 0 bridgehead atoms. The largest absolute Gasteiger partial charge is 0.398 e. The minimum atomic E-state index is -3.69. The second-order valence-corrected chi connectivity index (χ2v) is 7.75. The molecule has 2 rings (SSSR count). The van der Waals surface area contributed by atoms with Crippen molar-refractivity contribution >= 4 is 27.3 Å². The number of anilines is 1. The molecule has 1 atom stereocenters. The lowest BCUT2D eigenvalue weighted by Gasteiger charge is -2.30. The molecule has 0 amide bonds. The van der Waals surface area contributed by atoms with Gasteiger partial charge in [0.05, 0.1) is 10.7 Å². The third-order valence-electron chi connectivity index (χ3n) is 4.23. The van der Waals surface area contributed by atoms with E-state index in [9.17, 15) is 8.42 Å². The maximum absolute atomic E-state index is 12.6. The number of sulfonamides is 1. The molecule has 0 aliphatic heterocycles. The van der Waals surface area contributed by atoms with Gasteiger partial charge >= 0.3 is 0 Å². The molecular formula is C15H23ClN2O2S. The quantitative estimate of drug-likeness (QED) is 0.811. The first-order chi connectivity index (χ1) is 9.95. The van der Waals surface area contributed by atoms with Gasteiger partial charge in [0.15, 0.2) is 0 Å². The molecule has 1 saturated carbocycles. The highest BCUT2D eigenvalue weighted by atomic mass is 35.5. The molecule has 1 aromatic carbocycles. The number of halogens is 1. The SMILES string of the molecule is CCC(NS(=O)(=O)c1c(N)cccc1Cl)C1CCCCC1. The van der Waals surface area contributed by atoms with Crippen molar-refractivity contribution in [3.05, 3.63) is 23.2 Å². The van der Waals surface area contributed by atoms with Crippen LogP contribution in [0.15, 0.2) is 23.1 Å². The van der Waals surface area contributed by atoms with Gasteiger partial charge in [-0.15, -0.1) is 0 Å². The van der Waals surface area contributed by atoms with Gasteiger partial charge in [-0.1, -0.05) is 43.9 Å². The Kier molecular flexibility index (Phi) is 5.52. The van der Waals surface area contributed by atoms with Gasteiger partial charge in [0.2, 0.25) is 10.0 Å². The summed E-state index contributed by atoms with van der Waals surface area (Å²) in [6, 6.07) is 4.71. The van der Waals surface area contributed by atoms with Crippen molar-refractivity contribution in [2.24, 2.45) is 5.92 Å². The number of rotatable bonds is 5. The van der Waals surface area contributed by atoms with E-state index in [4.69, 9.17) is 17.3 Å². The Bertz CT molecular complexity index is 563. The maximum Gasteiger partial charge on any atom is 0.244 e. The average Bonchev–Trinajstić information content (AvgIpc) is 2.45. The molecule has 0 heterocycles. The summed E-state index contributed by atoms with van der Waals surface area (Å²) in [7, 11) is -3.69. The second kappa shape index (κ2) is 6.99. The molecule has 118 valence electrons. The molecule has 21 heavy (non-hydrogen) atoms. The normalized spacial score (nSPS) is 18.6.